The monoisotopic (exact) mass is 364 g/mol. The van der Waals surface area contributed by atoms with Gasteiger partial charge in [-0.05, 0) is 29.8 Å². The lowest BCUT2D eigenvalue weighted by atomic mass is 10.2. The summed E-state index contributed by atoms with van der Waals surface area (Å²) in [5.41, 5.74) is 1.83. The molecule has 1 saturated heterocycles. The molecule has 0 unspecified atom stereocenters. The fraction of sp³-hybridized carbons (Fsp3) is 0.333. The first-order valence-corrected chi connectivity index (χ1v) is 9.38. The van der Waals surface area contributed by atoms with Crippen LogP contribution >= 0.6 is 0 Å². The number of H-pyrrole nitrogens is 1. The molecular weight excluding hydrogens is 340 g/mol. The number of nitrogens with zero attached hydrogens (tertiary/aromatic N) is 3. The van der Waals surface area contributed by atoms with Gasteiger partial charge in [-0.15, -0.1) is 0 Å². The quantitative estimate of drug-likeness (QED) is 0.724. The lowest BCUT2D eigenvalue weighted by Crippen LogP contribution is -2.46. The second kappa shape index (κ2) is 7.90. The molecule has 0 atom stereocenters. The average molecular weight is 364 g/mol. The summed E-state index contributed by atoms with van der Waals surface area (Å²) in [5, 5.41) is 10.2. The molecule has 27 heavy (non-hydrogen) atoms. The maximum Gasteiger partial charge on any atom is 0.258 e. The first-order valence-electron chi connectivity index (χ1n) is 9.38. The summed E-state index contributed by atoms with van der Waals surface area (Å²) in [6, 6.07) is 14.9. The van der Waals surface area contributed by atoms with E-state index < -0.39 is 0 Å². The van der Waals surface area contributed by atoms with Crippen LogP contribution in [0.3, 0.4) is 0 Å². The Labute approximate surface area is 158 Å². The standard InChI is InChI=1S/C21H24N4O2/c26-17-5-3-4-16(14-17)15-25-12-10-24(11-13-25)9-8-20-22-19-7-2-1-6-18(19)21(27)23-20/h1-7,14,26H,8-13,15H2,(H,22,23,27). The normalized spacial score (nSPS) is 16.0. The van der Waals surface area contributed by atoms with Crippen molar-refractivity contribution in [1.29, 1.82) is 0 Å². The number of para-hydroxylation sites is 1. The summed E-state index contributed by atoms with van der Waals surface area (Å²) in [6.07, 6.45) is 0.743. The van der Waals surface area contributed by atoms with Crippen molar-refractivity contribution in [1.82, 2.24) is 19.8 Å². The van der Waals surface area contributed by atoms with Crippen LogP contribution in [0.1, 0.15) is 11.4 Å². The Kier molecular flexibility index (Phi) is 5.18. The van der Waals surface area contributed by atoms with E-state index in [0.717, 1.165) is 62.6 Å². The van der Waals surface area contributed by atoms with Gasteiger partial charge in [-0.1, -0.05) is 24.3 Å². The van der Waals surface area contributed by atoms with Gasteiger partial charge in [-0.25, -0.2) is 4.98 Å². The molecule has 0 bridgehead atoms. The number of phenols is 1. The summed E-state index contributed by atoms with van der Waals surface area (Å²) in [4.78, 5) is 24.5. The molecule has 6 nitrogen and oxygen atoms in total. The van der Waals surface area contributed by atoms with Crippen molar-refractivity contribution < 1.29 is 5.11 Å². The van der Waals surface area contributed by atoms with Crippen molar-refractivity contribution in [2.75, 3.05) is 32.7 Å². The maximum absolute atomic E-state index is 12.2. The zero-order chi connectivity index (χ0) is 18.6. The number of hydrogen-bond acceptors (Lipinski definition) is 5. The molecule has 0 aliphatic carbocycles. The molecule has 2 N–H and O–H groups in total. The zero-order valence-corrected chi connectivity index (χ0v) is 15.3. The van der Waals surface area contributed by atoms with E-state index in [4.69, 9.17) is 0 Å². The van der Waals surface area contributed by atoms with Crippen molar-refractivity contribution in [3.05, 3.63) is 70.3 Å². The Morgan fingerprint density at radius 1 is 1.00 bits per heavy atom. The highest BCUT2D eigenvalue weighted by Gasteiger charge is 2.17. The van der Waals surface area contributed by atoms with E-state index in [1.165, 1.54) is 0 Å². The Morgan fingerprint density at radius 3 is 2.59 bits per heavy atom. The summed E-state index contributed by atoms with van der Waals surface area (Å²) in [5.74, 6) is 1.07. The fourth-order valence-electron chi connectivity index (χ4n) is 3.60. The minimum atomic E-state index is -0.0634. The van der Waals surface area contributed by atoms with Crippen molar-refractivity contribution >= 4 is 10.9 Å². The number of benzene rings is 2. The van der Waals surface area contributed by atoms with E-state index in [1.807, 2.05) is 36.4 Å². The molecule has 0 saturated carbocycles. The summed E-state index contributed by atoms with van der Waals surface area (Å²) in [7, 11) is 0. The fourth-order valence-corrected chi connectivity index (χ4v) is 3.60. The zero-order valence-electron chi connectivity index (χ0n) is 15.3. The van der Waals surface area contributed by atoms with E-state index in [9.17, 15) is 9.90 Å². The van der Waals surface area contributed by atoms with Gasteiger partial charge >= 0.3 is 0 Å². The van der Waals surface area contributed by atoms with Gasteiger partial charge in [0.1, 0.15) is 11.6 Å². The van der Waals surface area contributed by atoms with E-state index in [2.05, 4.69) is 19.8 Å². The highest BCUT2D eigenvalue weighted by molar-refractivity contribution is 5.77. The van der Waals surface area contributed by atoms with E-state index in [0.29, 0.717) is 11.1 Å². The number of nitrogens with one attached hydrogen (secondary N) is 1. The van der Waals surface area contributed by atoms with Crippen LogP contribution in [0.5, 0.6) is 5.75 Å². The van der Waals surface area contributed by atoms with Crippen LogP contribution in [0.2, 0.25) is 0 Å². The van der Waals surface area contributed by atoms with Crippen LogP contribution in [0, 0.1) is 0 Å². The molecule has 1 aliphatic heterocycles. The number of aromatic hydroxyl groups is 1. The van der Waals surface area contributed by atoms with Gasteiger partial charge < -0.3 is 15.0 Å². The Bertz CT molecular complexity index is 977. The predicted octanol–water partition coefficient (Wildman–Crippen LogP) is 1.99. The molecule has 2 heterocycles. The first-order chi connectivity index (χ1) is 13.2. The minimum absolute atomic E-state index is 0.0634. The molecule has 3 aromatic rings. The highest BCUT2D eigenvalue weighted by atomic mass is 16.3. The third kappa shape index (κ3) is 4.35. The second-order valence-corrected chi connectivity index (χ2v) is 7.07. The van der Waals surface area contributed by atoms with Crippen LogP contribution in [0.15, 0.2) is 53.3 Å². The number of aromatic nitrogens is 2. The minimum Gasteiger partial charge on any atom is -0.508 e. The molecule has 2 aromatic carbocycles. The van der Waals surface area contributed by atoms with Crippen molar-refractivity contribution in [3.63, 3.8) is 0 Å². The summed E-state index contributed by atoms with van der Waals surface area (Å²) in [6.45, 7) is 5.74. The molecular formula is C21H24N4O2. The molecule has 1 fully saturated rings. The number of piperazine rings is 1. The topological polar surface area (TPSA) is 72.5 Å². The smallest absolute Gasteiger partial charge is 0.258 e. The first kappa shape index (κ1) is 17.7. The second-order valence-electron chi connectivity index (χ2n) is 7.07. The Morgan fingerprint density at radius 2 is 1.78 bits per heavy atom. The van der Waals surface area contributed by atoms with Crippen LogP contribution in [0.4, 0.5) is 0 Å². The maximum atomic E-state index is 12.2. The molecule has 6 heteroatoms. The van der Waals surface area contributed by atoms with Gasteiger partial charge in [-0.2, -0.15) is 0 Å². The number of rotatable bonds is 5. The molecule has 0 spiro atoms. The van der Waals surface area contributed by atoms with Gasteiger partial charge in [0, 0.05) is 45.7 Å². The van der Waals surface area contributed by atoms with Crippen molar-refractivity contribution in [3.8, 4) is 5.75 Å². The van der Waals surface area contributed by atoms with Crippen LogP contribution in [-0.4, -0.2) is 57.6 Å². The summed E-state index contributed by atoms with van der Waals surface area (Å²) < 4.78 is 0. The van der Waals surface area contributed by atoms with Gasteiger partial charge in [0.2, 0.25) is 0 Å². The average Bonchev–Trinajstić information content (AvgIpc) is 2.68. The third-order valence-corrected chi connectivity index (χ3v) is 5.11. The molecule has 0 amide bonds. The number of fused-ring (bicyclic) bond motifs is 1. The Hall–Kier alpha value is -2.70. The number of phenolic OH excluding ortho intramolecular Hbond substituents is 1. The van der Waals surface area contributed by atoms with Crippen molar-refractivity contribution in [2.45, 2.75) is 13.0 Å². The highest BCUT2D eigenvalue weighted by Crippen LogP contribution is 2.14. The van der Waals surface area contributed by atoms with Gasteiger partial charge in [0.05, 0.1) is 10.9 Å². The predicted molar refractivity (Wildman–Crippen MR) is 106 cm³/mol. The SMILES string of the molecule is O=c1[nH]c(CCN2CCN(Cc3cccc(O)c3)CC2)nc2ccccc12. The number of aromatic amines is 1. The van der Waals surface area contributed by atoms with Crippen LogP contribution in [-0.2, 0) is 13.0 Å². The van der Waals surface area contributed by atoms with Crippen molar-refractivity contribution in [2.24, 2.45) is 0 Å². The molecule has 140 valence electrons. The Balaban J connectivity index is 1.30. The van der Waals surface area contributed by atoms with Gasteiger partial charge in [-0.3, -0.25) is 9.69 Å². The molecule has 4 rings (SSSR count). The van der Waals surface area contributed by atoms with E-state index in [1.54, 1.807) is 12.1 Å². The van der Waals surface area contributed by atoms with E-state index >= 15 is 0 Å². The van der Waals surface area contributed by atoms with Crippen LogP contribution < -0.4 is 5.56 Å². The van der Waals surface area contributed by atoms with Crippen LogP contribution in [0.25, 0.3) is 10.9 Å². The van der Waals surface area contributed by atoms with E-state index in [-0.39, 0.29) is 5.56 Å². The number of hydrogen-bond donors (Lipinski definition) is 2. The van der Waals surface area contributed by atoms with Gasteiger partial charge in [0.25, 0.3) is 5.56 Å². The molecule has 1 aromatic heterocycles. The van der Waals surface area contributed by atoms with Gasteiger partial charge in [0.15, 0.2) is 0 Å². The lowest BCUT2D eigenvalue weighted by molar-refractivity contribution is 0.127. The molecule has 1 aliphatic rings. The largest absolute Gasteiger partial charge is 0.508 e. The molecule has 0 radical (unpaired) electrons. The lowest BCUT2D eigenvalue weighted by Gasteiger charge is -2.34. The third-order valence-electron chi connectivity index (χ3n) is 5.11. The summed E-state index contributed by atoms with van der Waals surface area (Å²) >= 11 is 0.